The van der Waals surface area contributed by atoms with Crippen molar-refractivity contribution in [3.63, 3.8) is 0 Å². The molecule has 2 heterocycles. The monoisotopic (exact) mass is 1100 g/mol. The molecule has 0 fully saturated rings. The van der Waals surface area contributed by atoms with Crippen molar-refractivity contribution in [2.24, 2.45) is 0 Å². The van der Waals surface area contributed by atoms with Crippen molar-refractivity contribution in [1.29, 1.82) is 0 Å². The van der Waals surface area contributed by atoms with Crippen LogP contribution < -0.4 is 9.47 Å². The summed E-state index contributed by atoms with van der Waals surface area (Å²) >= 11 is 0. The molecular weight excluding hydrogens is 1020 g/mol. The van der Waals surface area contributed by atoms with E-state index in [-0.39, 0.29) is 33.2 Å². The molecule has 81 heavy (non-hydrogen) atoms. The van der Waals surface area contributed by atoms with Gasteiger partial charge in [-0.3, -0.25) is 0 Å². The van der Waals surface area contributed by atoms with Gasteiger partial charge >= 0.3 is 0 Å². The fourth-order valence-electron chi connectivity index (χ4n) is 11.5. The Morgan fingerprint density at radius 3 is 0.963 bits per heavy atom. The number of aryl methyl sites for hydroxylation is 2. The first-order valence-corrected chi connectivity index (χ1v) is 31.5. The van der Waals surface area contributed by atoms with Crippen LogP contribution in [0.3, 0.4) is 0 Å². The van der Waals surface area contributed by atoms with Gasteiger partial charge in [0.1, 0.15) is 42.7 Å². The zero-order chi connectivity index (χ0) is 58.5. The van der Waals surface area contributed by atoms with E-state index in [0.717, 1.165) is 66.8 Å². The Morgan fingerprint density at radius 1 is 0.395 bits per heavy atom. The van der Waals surface area contributed by atoms with Crippen LogP contribution in [0.1, 0.15) is 130 Å². The number of hydrogen-bond acceptors (Lipinski definition) is 4. The molecule has 10 rings (SSSR count). The van der Waals surface area contributed by atoms with Gasteiger partial charge in [-0.05, 0) is 178 Å². The zero-order valence-corrected chi connectivity index (χ0v) is 51.4. The Hall–Kier alpha value is -7.36. The third-order valence-corrected chi connectivity index (χ3v) is 21.5. The smallest absolute Gasteiger partial charge is 0.147 e. The molecule has 0 atom stereocenters. The first-order valence-electron chi connectivity index (χ1n) is 28.7. The van der Waals surface area contributed by atoms with E-state index in [1.165, 1.54) is 46.5 Å². The molecule has 0 unspecified atom stereocenters. The summed E-state index contributed by atoms with van der Waals surface area (Å²) in [5.74, 6) is 0.0223. The van der Waals surface area contributed by atoms with Crippen molar-refractivity contribution in [3.8, 4) is 56.6 Å². The Morgan fingerprint density at radius 2 is 0.691 bits per heavy atom. The van der Waals surface area contributed by atoms with Gasteiger partial charge in [-0.1, -0.05) is 133 Å². The highest BCUT2D eigenvalue weighted by molar-refractivity contribution is 6.79. The molecule has 420 valence electrons. The molecule has 2 N–H and O–H groups in total. The molecule has 0 spiro atoms. The molecule has 0 radical (unpaired) electrons. The SMILES string of the molecule is CC[Si](CC)(COc1ccc(F)cc1-c1cc(C)cc(-n2c3ccc(C(C)(C)C)cc3c3cc(C(C)(C)C)ccc32)c1O)COc1ccc(F)cc1-c1cc(C)cc(-n2c3ccc(C(C)(C)C)cc3c3cc(C(C)(C)C)ccc32)c1O. The number of halogens is 2. The predicted molar refractivity (Wildman–Crippen MR) is 338 cm³/mol. The van der Waals surface area contributed by atoms with Crippen LogP contribution in [0.15, 0.2) is 133 Å². The van der Waals surface area contributed by atoms with Gasteiger partial charge in [0, 0.05) is 43.8 Å². The molecule has 0 bridgehead atoms. The van der Waals surface area contributed by atoms with E-state index in [1.54, 1.807) is 12.1 Å². The highest BCUT2D eigenvalue weighted by atomic mass is 28.3. The molecule has 0 aliphatic rings. The number of hydrogen-bond donors (Lipinski definition) is 2. The minimum absolute atomic E-state index is 0.0152. The van der Waals surface area contributed by atoms with E-state index >= 15 is 8.78 Å². The maximum atomic E-state index is 15.6. The van der Waals surface area contributed by atoms with Crippen LogP contribution in [-0.2, 0) is 21.7 Å². The van der Waals surface area contributed by atoms with Crippen LogP contribution in [-0.4, -0.2) is 39.9 Å². The zero-order valence-electron chi connectivity index (χ0n) is 50.4. The van der Waals surface area contributed by atoms with E-state index in [4.69, 9.17) is 9.47 Å². The van der Waals surface area contributed by atoms with Crippen LogP contribution in [0.2, 0.25) is 12.1 Å². The minimum Gasteiger partial charge on any atom is -0.505 e. The molecule has 9 heteroatoms. The lowest BCUT2D eigenvalue weighted by Gasteiger charge is -2.30. The van der Waals surface area contributed by atoms with Crippen LogP contribution >= 0.6 is 0 Å². The number of aromatic hydroxyl groups is 2. The highest BCUT2D eigenvalue weighted by Crippen LogP contribution is 2.47. The second kappa shape index (κ2) is 20.6. The average molecular weight is 1100 g/mol. The normalized spacial score (nSPS) is 12.9. The summed E-state index contributed by atoms with van der Waals surface area (Å²) in [5, 5.41) is 29.6. The third kappa shape index (κ3) is 10.6. The molecule has 0 aliphatic heterocycles. The number of nitrogens with zero attached hydrogens (tertiary/aromatic N) is 2. The average Bonchev–Trinajstić information content (AvgIpc) is 4.16. The lowest BCUT2D eigenvalue weighted by molar-refractivity contribution is 0.341. The molecule has 2 aromatic heterocycles. The van der Waals surface area contributed by atoms with Crippen LogP contribution in [0.5, 0.6) is 23.0 Å². The second-order valence-corrected chi connectivity index (χ2v) is 32.0. The first-order chi connectivity index (χ1) is 38.0. The number of benzene rings is 8. The topological polar surface area (TPSA) is 68.8 Å². The van der Waals surface area contributed by atoms with Crippen molar-refractivity contribution >= 4 is 51.7 Å². The van der Waals surface area contributed by atoms with Crippen molar-refractivity contribution in [3.05, 3.63) is 178 Å². The van der Waals surface area contributed by atoms with Crippen molar-refractivity contribution in [2.45, 2.75) is 145 Å². The quantitative estimate of drug-likeness (QED) is 0.120. The van der Waals surface area contributed by atoms with E-state index < -0.39 is 19.7 Å². The fraction of sp³-hybridized carbons (Fsp3) is 0.333. The van der Waals surface area contributed by atoms with E-state index in [0.29, 0.717) is 57.6 Å². The fourth-order valence-corrected chi connectivity index (χ4v) is 13.9. The molecule has 0 saturated carbocycles. The maximum Gasteiger partial charge on any atom is 0.147 e. The van der Waals surface area contributed by atoms with Gasteiger partial charge in [0.15, 0.2) is 0 Å². The van der Waals surface area contributed by atoms with Crippen LogP contribution in [0.4, 0.5) is 8.78 Å². The van der Waals surface area contributed by atoms with Gasteiger partial charge in [-0.25, -0.2) is 8.78 Å². The third-order valence-electron chi connectivity index (χ3n) is 17.0. The number of ether oxygens (including phenoxy) is 2. The highest BCUT2D eigenvalue weighted by Gasteiger charge is 2.34. The lowest BCUT2D eigenvalue weighted by Crippen LogP contribution is -2.46. The summed E-state index contributed by atoms with van der Waals surface area (Å²) < 4.78 is 49.3. The Balaban J connectivity index is 1.00. The number of rotatable bonds is 12. The summed E-state index contributed by atoms with van der Waals surface area (Å²) in [4.78, 5) is 0. The molecule has 8 aromatic carbocycles. The second-order valence-electron chi connectivity index (χ2n) is 27.0. The molecule has 0 saturated heterocycles. The summed E-state index contributed by atoms with van der Waals surface area (Å²) in [7, 11) is -2.50. The lowest BCUT2D eigenvalue weighted by atomic mass is 9.85. The summed E-state index contributed by atoms with van der Waals surface area (Å²) in [5.41, 5.74) is 13.2. The molecule has 10 aromatic rings. The van der Waals surface area contributed by atoms with Gasteiger partial charge in [0.05, 0.1) is 45.9 Å². The minimum atomic E-state index is -2.50. The Kier molecular flexibility index (Phi) is 14.4. The summed E-state index contributed by atoms with van der Waals surface area (Å²) in [6.45, 7) is 34.9. The van der Waals surface area contributed by atoms with Crippen molar-refractivity contribution in [2.75, 3.05) is 12.5 Å². The van der Waals surface area contributed by atoms with Gasteiger partial charge in [0.2, 0.25) is 0 Å². The number of aromatic nitrogens is 2. The Bertz CT molecular complexity index is 3690. The maximum absolute atomic E-state index is 15.6. The summed E-state index contributed by atoms with van der Waals surface area (Å²) in [6.07, 6.45) is 0.657. The number of phenols is 2. The van der Waals surface area contributed by atoms with E-state index in [9.17, 15) is 10.2 Å². The van der Waals surface area contributed by atoms with E-state index in [1.807, 2.05) is 38.1 Å². The van der Waals surface area contributed by atoms with E-state index in [2.05, 4.69) is 179 Å². The summed E-state index contributed by atoms with van der Waals surface area (Å²) in [6, 6.07) is 44.8. The van der Waals surface area contributed by atoms with Crippen LogP contribution in [0, 0.1) is 25.5 Å². The van der Waals surface area contributed by atoms with Crippen LogP contribution in [0.25, 0.3) is 77.2 Å². The molecule has 0 aliphatic carbocycles. The first kappa shape index (κ1) is 56.9. The van der Waals surface area contributed by atoms with Gasteiger partial charge in [-0.15, -0.1) is 0 Å². The predicted octanol–water partition coefficient (Wildman–Crippen LogP) is 19.7. The molecular formula is C72H80F2N2O4Si. The van der Waals surface area contributed by atoms with Gasteiger partial charge in [0.25, 0.3) is 0 Å². The number of phenolic OH excluding ortho intramolecular Hbond substituents is 2. The number of fused-ring (bicyclic) bond motifs is 6. The van der Waals surface area contributed by atoms with Gasteiger partial charge < -0.3 is 28.8 Å². The van der Waals surface area contributed by atoms with Crippen molar-refractivity contribution < 1.29 is 28.5 Å². The standard InChI is InChI=1S/C72H80F2N2O4Si/c1-17-81(18-2,41-79-65-29-23-49(73)39-55(65)57-31-43(3)33-63(67(57)77)75-59-25-19-45(69(5,6)7)35-51(59)52-36-46(70(8,9)10)20-26-60(52)75)42-80-66-30-24-50(74)40-56(66)58-32-44(4)34-64(68(58)78)76-61-27-21-47(71(11,12)13)37-53(61)54-38-48(72(14,15)16)22-28-62(54)76/h19-40,77-78H,17-18,41-42H2,1-16H3. The molecule has 0 amide bonds. The van der Waals surface area contributed by atoms with Gasteiger partial charge in [-0.2, -0.15) is 0 Å². The Labute approximate surface area is 479 Å². The molecule has 6 nitrogen and oxygen atoms in total. The van der Waals surface area contributed by atoms with Crippen molar-refractivity contribution in [1.82, 2.24) is 9.13 Å². The largest absolute Gasteiger partial charge is 0.505 e.